The molecule has 4 atom stereocenters. The first kappa shape index (κ1) is 16.2. The molecular formula is C15H16N6O3S. The van der Waals surface area contributed by atoms with E-state index in [1.54, 1.807) is 23.0 Å². The van der Waals surface area contributed by atoms with Gasteiger partial charge in [0.1, 0.15) is 17.7 Å². The quantitative estimate of drug-likeness (QED) is 0.481. The van der Waals surface area contributed by atoms with Gasteiger partial charge in [0.15, 0.2) is 23.5 Å². The highest BCUT2D eigenvalue weighted by molar-refractivity contribution is 7.80. The van der Waals surface area contributed by atoms with Gasteiger partial charge in [-0.25, -0.2) is 15.0 Å². The number of aliphatic hydroxyl groups excluding tert-OH is 2. The normalized spacial score (nSPS) is 26.4. The van der Waals surface area contributed by atoms with Crippen molar-refractivity contribution in [1.82, 2.24) is 24.5 Å². The number of aliphatic hydroxyl groups is 2. The summed E-state index contributed by atoms with van der Waals surface area (Å²) < 4.78 is 7.25. The highest BCUT2D eigenvalue weighted by atomic mass is 32.1. The molecule has 0 radical (unpaired) electrons. The van der Waals surface area contributed by atoms with Crippen LogP contribution in [0.2, 0.25) is 0 Å². The average Bonchev–Trinajstić information content (AvgIpc) is 3.18. The van der Waals surface area contributed by atoms with E-state index in [1.807, 2.05) is 6.07 Å². The zero-order chi connectivity index (χ0) is 17.6. The molecule has 25 heavy (non-hydrogen) atoms. The van der Waals surface area contributed by atoms with E-state index >= 15 is 0 Å². The minimum absolute atomic E-state index is 0.210. The maximum Gasteiger partial charge on any atom is 0.168 e. The van der Waals surface area contributed by atoms with E-state index in [9.17, 15) is 10.2 Å². The van der Waals surface area contributed by atoms with Crippen LogP contribution in [0.15, 0.2) is 30.9 Å². The third-order valence-corrected chi connectivity index (χ3v) is 4.52. The molecule has 0 saturated carbocycles. The highest BCUT2D eigenvalue weighted by Crippen LogP contribution is 2.33. The lowest BCUT2D eigenvalue weighted by Gasteiger charge is -2.16. The average molecular weight is 360 g/mol. The van der Waals surface area contributed by atoms with Crippen LogP contribution < -0.4 is 5.73 Å². The molecule has 0 unspecified atom stereocenters. The van der Waals surface area contributed by atoms with Crippen LogP contribution in [0.4, 0.5) is 5.82 Å². The Bertz CT molecular complexity index is 905. The summed E-state index contributed by atoms with van der Waals surface area (Å²) >= 11 is 4.13. The fourth-order valence-electron chi connectivity index (χ4n) is 2.86. The standard InChI is InChI=1S/C15H16N6O3S/c16-12-9-14(20-13(19-12)7-2-1-3-17-4-7)21(6-18-9)15-11(23)10(22)8(5-25)24-15/h1-4,6,8,10-11,15,22-23,25H,5H2,(H2,16,19,20)/t8-,10-,11-,15-/m1/s1. The molecule has 0 spiro atoms. The summed E-state index contributed by atoms with van der Waals surface area (Å²) in [7, 11) is 0. The maximum atomic E-state index is 10.3. The van der Waals surface area contributed by atoms with Gasteiger partial charge in [0.25, 0.3) is 0 Å². The topological polar surface area (TPSA) is 132 Å². The van der Waals surface area contributed by atoms with Crippen LogP contribution in [-0.4, -0.2) is 58.8 Å². The van der Waals surface area contributed by atoms with Gasteiger partial charge in [0, 0.05) is 23.7 Å². The summed E-state index contributed by atoms with van der Waals surface area (Å²) in [6.45, 7) is 0. The Balaban J connectivity index is 1.82. The van der Waals surface area contributed by atoms with Crippen molar-refractivity contribution in [2.75, 3.05) is 11.5 Å². The van der Waals surface area contributed by atoms with Crippen LogP contribution in [0, 0.1) is 0 Å². The van der Waals surface area contributed by atoms with Gasteiger partial charge < -0.3 is 20.7 Å². The minimum Gasteiger partial charge on any atom is -0.387 e. The van der Waals surface area contributed by atoms with Gasteiger partial charge in [-0.05, 0) is 12.1 Å². The smallest absolute Gasteiger partial charge is 0.168 e. The second kappa shape index (κ2) is 6.23. The molecule has 0 aliphatic carbocycles. The number of pyridine rings is 1. The summed E-state index contributed by atoms with van der Waals surface area (Å²) in [5, 5.41) is 20.4. The molecule has 0 aromatic carbocycles. The van der Waals surface area contributed by atoms with Gasteiger partial charge in [-0.3, -0.25) is 9.55 Å². The van der Waals surface area contributed by atoms with Crippen LogP contribution in [-0.2, 0) is 4.74 Å². The Kier molecular flexibility index (Phi) is 4.04. The van der Waals surface area contributed by atoms with Crippen molar-refractivity contribution in [1.29, 1.82) is 0 Å². The van der Waals surface area contributed by atoms with E-state index in [0.717, 1.165) is 0 Å². The summed E-state index contributed by atoms with van der Waals surface area (Å²) in [4.78, 5) is 17.0. The number of nitrogen functional groups attached to an aromatic ring is 1. The number of ether oxygens (including phenoxy) is 1. The second-order valence-corrected chi connectivity index (χ2v) is 6.09. The fraction of sp³-hybridized carbons (Fsp3) is 0.333. The Morgan fingerprint density at radius 3 is 2.80 bits per heavy atom. The van der Waals surface area contributed by atoms with Crippen molar-refractivity contribution in [2.24, 2.45) is 0 Å². The van der Waals surface area contributed by atoms with Crippen molar-refractivity contribution < 1.29 is 14.9 Å². The van der Waals surface area contributed by atoms with E-state index < -0.39 is 24.5 Å². The van der Waals surface area contributed by atoms with Crippen LogP contribution in [0.1, 0.15) is 6.23 Å². The molecule has 3 aromatic rings. The van der Waals surface area contributed by atoms with E-state index in [2.05, 4.69) is 32.6 Å². The van der Waals surface area contributed by atoms with Gasteiger partial charge in [0.05, 0.1) is 12.4 Å². The molecule has 1 aliphatic rings. The molecule has 0 bridgehead atoms. The molecule has 1 fully saturated rings. The number of anilines is 1. The van der Waals surface area contributed by atoms with Crippen molar-refractivity contribution in [3.05, 3.63) is 30.9 Å². The largest absolute Gasteiger partial charge is 0.387 e. The zero-order valence-corrected chi connectivity index (χ0v) is 13.9. The monoisotopic (exact) mass is 360 g/mol. The van der Waals surface area contributed by atoms with E-state index in [-0.39, 0.29) is 11.6 Å². The first-order valence-electron chi connectivity index (χ1n) is 7.63. The highest BCUT2D eigenvalue weighted by Gasteiger charge is 2.43. The molecule has 10 heteroatoms. The minimum atomic E-state index is -1.13. The van der Waals surface area contributed by atoms with E-state index in [1.165, 1.54) is 6.33 Å². The van der Waals surface area contributed by atoms with Crippen LogP contribution in [0.25, 0.3) is 22.6 Å². The fourth-order valence-corrected chi connectivity index (χ4v) is 3.16. The molecule has 0 amide bonds. The molecule has 130 valence electrons. The zero-order valence-electron chi connectivity index (χ0n) is 13.0. The number of fused-ring (bicyclic) bond motifs is 1. The Morgan fingerprint density at radius 1 is 1.28 bits per heavy atom. The predicted molar refractivity (Wildman–Crippen MR) is 92.7 cm³/mol. The number of rotatable bonds is 3. The second-order valence-electron chi connectivity index (χ2n) is 5.73. The van der Waals surface area contributed by atoms with Gasteiger partial charge in [-0.1, -0.05) is 0 Å². The van der Waals surface area contributed by atoms with E-state index in [4.69, 9.17) is 10.5 Å². The summed E-state index contributed by atoms with van der Waals surface area (Å²) in [5.74, 6) is 0.874. The number of thiol groups is 1. The van der Waals surface area contributed by atoms with Gasteiger partial charge >= 0.3 is 0 Å². The molecular weight excluding hydrogens is 344 g/mol. The van der Waals surface area contributed by atoms with Crippen LogP contribution >= 0.6 is 12.6 Å². The number of hydrogen-bond acceptors (Lipinski definition) is 9. The SMILES string of the molecule is Nc1nc(-c2cccnc2)nc2c1ncn2[C@@H]1O[C@H](CS)[C@@H](O)[C@H]1O. The molecule has 4 rings (SSSR count). The number of aromatic nitrogens is 5. The lowest BCUT2D eigenvalue weighted by molar-refractivity contribution is -0.0288. The van der Waals surface area contributed by atoms with Gasteiger partial charge in [-0.2, -0.15) is 12.6 Å². The first-order valence-corrected chi connectivity index (χ1v) is 8.26. The number of hydrogen-bond donors (Lipinski definition) is 4. The molecule has 9 nitrogen and oxygen atoms in total. The van der Waals surface area contributed by atoms with Crippen LogP contribution in [0.3, 0.4) is 0 Å². The maximum absolute atomic E-state index is 10.3. The summed E-state index contributed by atoms with van der Waals surface area (Å²) in [6, 6.07) is 3.59. The Hall–Kier alpha value is -2.27. The van der Waals surface area contributed by atoms with Gasteiger partial charge in [0.2, 0.25) is 0 Å². The Labute approximate surface area is 147 Å². The summed E-state index contributed by atoms with van der Waals surface area (Å²) in [5.41, 5.74) is 7.51. The van der Waals surface area contributed by atoms with Crippen molar-refractivity contribution in [3.8, 4) is 11.4 Å². The predicted octanol–water partition coefficient (Wildman–Crippen LogP) is 0.0195. The van der Waals surface area contributed by atoms with Crippen molar-refractivity contribution in [2.45, 2.75) is 24.5 Å². The van der Waals surface area contributed by atoms with Crippen molar-refractivity contribution in [3.63, 3.8) is 0 Å². The van der Waals surface area contributed by atoms with Gasteiger partial charge in [-0.15, -0.1) is 0 Å². The van der Waals surface area contributed by atoms with Crippen molar-refractivity contribution >= 4 is 29.6 Å². The summed E-state index contributed by atoms with van der Waals surface area (Å²) in [6.07, 6.45) is 1.14. The molecule has 4 N–H and O–H groups in total. The van der Waals surface area contributed by atoms with E-state index in [0.29, 0.717) is 22.6 Å². The number of imidazole rings is 1. The first-order chi connectivity index (χ1) is 12.1. The third kappa shape index (κ3) is 2.63. The lowest BCUT2D eigenvalue weighted by atomic mass is 10.1. The molecule has 1 aliphatic heterocycles. The van der Waals surface area contributed by atoms with Crippen LogP contribution in [0.5, 0.6) is 0 Å². The lowest BCUT2D eigenvalue weighted by Crippen LogP contribution is -2.32. The third-order valence-electron chi connectivity index (χ3n) is 4.16. The Morgan fingerprint density at radius 2 is 2.12 bits per heavy atom. The number of nitrogens with two attached hydrogens (primary N) is 1. The molecule has 1 saturated heterocycles. The molecule has 3 aromatic heterocycles. The number of nitrogens with zero attached hydrogens (tertiary/aromatic N) is 5. The molecule has 4 heterocycles.